The lowest BCUT2D eigenvalue weighted by molar-refractivity contribution is 0.257. The summed E-state index contributed by atoms with van der Waals surface area (Å²) in [6.45, 7) is 5.51. The highest BCUT2D eigenvalue weighted by molar-refractivity contribution is 6.03. The molecule has 0 radical (unpaired) electrons. The van der Waals surface area contributed by atoms with Crippen molar-refractivity contribution >= 4 is 46.5 Å². The van der Waals surface area contributed by atoms with Gasteiger partial charge in [0.25, 0.3) is 0 Å². The van der Waals surface area contributed by atoms with E-state index in [1.807, 2.05) is 6.07 Å². The van der Waals surface area contributed by atoms with E-state index in [-0.39, 0.29) is 18.4 Å². The van der Waals surface area contributed by atoms with Crippen molar-refractivity contribution in [3.05, 3.63) is 42.0 Å². The number of hydrogen-bond donors (Lipinski definition) is 2. The Hall–Kier alpha value is -2.91. The van der Waals surface area contributed by atoms with Gasteiger partial charge in [-0.3, -0.25) is 9.58 Å². The number of carbonyl (C=O) groups excluding carboxylic acids is 1. The molecule has 2 aliphatic heterocycles. The van der Waals surface area contributed by atoms with Crippen LogP contribution in [0.3, 0.4) is 0 Å². The minimum Gasteiger partial charge on any atom is -0.368 e. The van der Waals surface area contributed by atoms with Crippen molar-refractivity contribution < 1.29 is 9.18 Å². The lowest BCUT2D eigenvalue weighted by Crippen LogP contribution is -2.49. The van der Waals surface area contributed by atoms with Crippen LogP contribution in [0.4, 0.5) is 26.4 Å². The SMILES string of the molecule is C[C@H]1CN(c2ccnc3c2CCN3C(=O)Nc2cc(F)c3nn(C)cc3c2)CCN1.Cl. The molecule has 1 saturated heterocycles. The van der Waals surface area contributed by atoms with Gasteiger partial charge in [0.2, 0.25) is 0 Å². The molecule has 0 spiro atoms. The molecule has 0 aliphatic carbocycles. The topological polar surface area (TPSA) is 78.3 Å². The summed E-state index contributed by atoms with van der Waals surface area (Å²) in [6.07, 6.45) is 4.23. The number of piperazine rings is 1. The van der Waals surface area contributed by atoms with Crippen LogP contribution in [0.15, 0.2) is 30.6 Å². The maximum atomic E-state index is 14.4. The smallest absolute Gasteiger partial charge is 0.327 e. The Morgan fingerprint density at radius 2 is 2.16 bits per heavy atom. The molecule has 0 saturated carbocycles. The summed E-state index contributed by atoms with van der Waals surface area (Å²) in [4.78, 5) is 21.5. The van der Waals surface area contributed by atoms with Crippen molar-refractivity contribution in [3.8, 4) is 0 Å². The number of aryl methyl sites for hydroxylation is 1. The lowest BCUT2D eigenvalue weighted by atomic mass is 10.1. The number of benzene rings is 1. The number of nitrogens with zero attached hydrogens (tertiary/aromatic N) is 5. The number of amides is 2. The Bertz CT molecular complexity index is 1130. The van der Waals surface area contributed by atoms with Crippen molar-refractivity contribution in [2.24, 2.45) is 7.05 Å². The summed E-state index contributed by atoms with van der Waals surface area (Å²) >= 11 is 0. The highest BCUT2D eigenvalue weighted by Crippen LogP contribution is 2.34. The highest BCUT2D eigenvalue weighted by Gasteiger charge is 2.30. The first kappa shape index (κ1) is 21.3. The van der Waals surface area contributed by atoms with E-state index in [9.17, 15) is 9.18 Å². The lowest BCUT2D eigenvalue weighted by Gasteiger charge is -2.34. The number of urea groups is 1. The molecule has 4 heterocycles. The van der Waals surface area contributed by atoms with Gasteiger partial charge in [-0.25, -0.2) is 14.2 Å². The average molecular weight is 446 g/mol. The van der Waals surface area contributed by atoms with E-state index in [2.05, 4.69) is 32.5 Å². The first-order chi connectivity index (χ1) is 14.5. The van der Waals surface area contributed by atoms with E-state index in [0.29, 0.717) is 35.0 Å². The van der Waals surface area contributed by atoms with Crippen LogP contribution in [0.1, 0.15) is 12.5 Å². The maximum absolute atomic E-state index is 14.4. The third-order valence-electron chi connectivity index (χ3n) is 5.73. The number of hydrogen-bond acceptors (Lipinski definition) is 5. The molecule has 10 heteroatoms. The largest absolute Gasteiger partial charge is 0.368 e. The number of anilines is 3. The van der Waals surface area contributed by atoms with Gasteiger partial charge in [-0.15, -0.1) is 12.4 Å². The zero-order valence-corrected chi connectivity index (χ0v) is 18.2. The van der Waals surface area contributed by atoms with Gasteiger partial charge in [-0.1, -0.05) is 0 Å². The monoisotopic (exact) mass is 445 g/mol. The van der Waals surface area contributed by atoms with Crippen molar-refractivity contribution in [3.63, 3.8) is 0 Å². The second kappa shape index (κ2) is 8.32. The van der Waals surface area contributed by atoms with E-state index in [1.165, 1.54) is 6.07 Å². The molecule has 2 aliphatic rings. The minimum absolute atomic E-state index is 0. The van der Waals surface area contributed by atoms with Gasteiger partial charge in [0.15, 0.2) is 5.82 Å². The molecule has 3 aromatic rings. The van der Waals surface area contributed by atoms with Gasteiger partial charge in [0.1, 0.15) is 11.3 Å². The molecule has 1 atom stereocenters. The van der Waals surface area contributed by atoms with E-state index in [4.69, 9.17) is 0 Å². The Morgan fingerprint density at radius 3 is 2.97 bits per heavy atom. The summed E-state index contributed by atoms with van der Waals surface area (Å²) in [7, 11) is 1.74. The Labute approximate surface area is 185 Å². The quantitative estimate of drug-likeness (QED) is 0.634. The van der Waals surface area contributed by atoms with E-state index in [1.54, 1.807) is 35.1 Å². The molecular formula is C21H25ClFN7O. The normalized spacial score (nSPS) is 18.1. The van der Waals surface area contributed by atoms with E-state index < -0.39 is 5.82 Å². The average Bonchev–Trinajstić information content (AvgIpc) is 3.31. The molecule has 1 fully saturated rings. The van der Waals surface area contributed by atoms with Gasteiger partial charge < -0.3 is 15.5 Å². The second-order valence-electron chi connectivity index (χ2n) is 7.96. The summed E-state index contributed by atoms with van der Waals surface area (Å²) < 4.78 is 15.9. The van der Waals surface area contributed by atoms with Crippen LogP contribution in [-0.2, 0) is 13.5 Å². The molecule has 31 heavy (non-hydrogen) atoms. The standard InChI is InChI=1S/C21H24FN7O.ClH/c1-13-11-28(8-6-23-13)18-3-5-24-20-16(18)4-7-29(20)21(30)25-15-9-14-12-27(2)26-19(14)17(22)10-15;/h3,5,9-10,12-13,23H,4,6-8,11H2,1-2H3,(H,25,30);1H/t13-;/m0./s1. The molecule has 1 aromatic carbocycles. The van der Waals surface area contributed by atoms with Crippen LogP contribution < -0.4 is 20.4 Å². The molecule has 2 amide bonds. The second-order valence-corrected chi connectivity index (χ2v) is 7.96. The summed E-state index contributed by atoms with van der Waals surface area (Å²) in [5.41, 5.74) is 2.93. The fourth-order valence-corrected chi connectivity index (χ4v) is 4.39. The summed E-state index contributed by atoms with van der Waals surface area (Å²) in [5.74, 6) is 0.220. The molecule has 0 bridgehead atoms. The number of fused-ring (bicyclic) bond motifs is 2. The van der Waals surface area contributed by atoms with Gasteiger partial charge in [-0.2, -0.15) is 5.10 Å². The number of carbonyl (C=O) groups is 1. The first-order valence-corrected chi connectivity index (χ1v) is 10.2. The molecule has 8 nitrogen and oxygen atoms in total. The fraction of sp³-hybridized carbons (Fsp3) is 0.381. The van der Waals surface area contributed by atoms with Crippen molar-refractivity contribution in [2.45, 2.75) is 19.4 Å². The summed E-state index contributed by atoms with van der Waals surface area (Å²) in [6, 6.07) is 5.17. The van der Waals surface area contributed by atoms with Crippen LogP contribution in [-0.4, -0.2) is 53.0 Å². The van der Waals surface area contributed by atoms with Crippen molar-refractivity contribution in [2.75, 3.05) is 41.3 Å². The fourth-order valence-electron chi connectivity index (χ4n) is 4.39. The van der Waals surface area contributed by atoms with Crippen LogP contribution in [0, 0.1) is 5.82 Å². The predicted octanol–water partition coefficient (Wildman–Crippen LogP) is 2.92. The maximum Gasteiger partial charge on any atom is 0.327 e. The number of halogens is 2. The van der Waals surface area contributed by atoms with Gasteiger partial charge >= 0.3 is 6.03 Å². The summed E-state index contributed by atoms with van der Waals surface area (Å²) in [5, 5.41) is 11.0. The molecule has 164 valence electrons. The van der Waals surface area contributed by atoms with Gasteiger partial charge in [0.05, 0.1) is 0 Å². The molecule has 0 unspecified atom stereocenters. The molecular weight excluding hydrogens is 421 g/mol. The molecule has 2 aromatic heterocycles. The van der Waals surface area contributed by atoms with Crippen LogP contribution in [0.5, 0.6) is 0 Å². The number of rotatable bonds is 2. The Morgan fingerprint density at radius 1 is 1.32 bits per heavy atom. The van der Waals surface area contributed by atoms with Gasteiger partial charge in [-0.05, 0) is 31.5 Å². The number of aromatic nitrogens is 3. The zero-order valence-electron chi connectivity index (χ0n) is 17.4. The third-order valence-corrected chi connectivity index (χ3v) is 5.73. The van der Waals surface area contributed by atoms with Gasteiger partial charge in [0, 0.05) is 74.0 Å². The van der Waals surface area contributed by atoms with Crippen molar-refractivity contribution in [1.82, 2.24) is 20.1 Å². The van der Waals surface area contributed by atoms with Crippen LogP contribution in [0.2, 0.25) is 0 Å². The third kappa shape index (κ3) is 3.90. The molecule has 2 N–H and O–H groups in total. The Kier molecular flexibility index (Phi) is 5.72. The van der Waals surface area contributed by atoms with Crippen LogP contribution >= 0.6 is 12.4 Å². The number of pyridine rings is 1. The van der Waals surface area contributed by atoms with E-state index in [0.717, 1.165) is 37.3 Å². The first-order valence-electron chi connectivity index (χ1n) is 10.2. The zero-order chi connectivity index (χ0) is 20.8. The van der Waals surface area contributed by atoms with Crippen LogP contribution in [0.25, 0.3) is 10.9 Å². The predicted molar refractivity (Wildman–Crippen MR) is 122 cm³/mol. The highest BCUT2D eigenvalue weighted by atomic mass is 35.5. The number of nitrogens with one attached hydrogen (secondary N) is 2. The molecule has 5 rings (SSSR count). The minimum atomic E-state index is -0.460. The van der Waals surface area contributed by atoms with E-state index >= 15 is 0 Å². The Balaban J connectivity index is 0.00000231. The van der Waals surface area contributed by atoms with Crippen molar-refractivity contribution in [1.29, 1.82) is 0 Å².